The van der Waals surface area contributed by atoms with Crippen LogP contribution in [0.15, 0.2) is 0 Å². The predicted molar refractivity (Wildman–Crippen MR) is 212 cm³/mol. The number of carbonyl (C=O) groups excluding carboxylic acids is 1. The average Bonchev–Trinajstić information content (AvgIpc) is 3.09. The molecule has 0 aliphatic rings. The van der Waals surface area contributed by atoms with Crippen LogP contribution in [0.5, 0.6) is 0 Å². The molecule has 7 heteroatoms. The largest absolute Gasteiger partial charge is 0.481 e. The normalized spacial score (nSPS) is 9.71. The maximum Gasteiger partial charge on any atom is 0.303 e. The number of carboxylic acid groups (broad SMARTS) is 3. The van der Waals surface area contributed by atoms with Crippen LogP contribution in [0.1, 0.15) is 212 Å². The molecule has 0 bridgehead atoms. The van der Waals surface area contributed by atoms with E-state index in [-0.39, 0.29) is 12.8 Å². The molecule has 0 unspecified atom stereocenters. The molecule has 0 aromatic heterocycles. The summed E-state index contributed by atoms with van der Waals surface area (Å²) < 4.78 is 0. The second-order valence-electron chi connectivity index (χ2n) is 13.6. The molecule has 0 radical (unpaired) electrons. The van der Waals surface area contributed by atoms with Crippen LogP contribution in [0.3, 0.4) is 0 Å². The van der Waals surface area contributed by atoms with Gasteiger partial charge in [-0.3, -0.25) is 14.4 Å². The summed E-state index contributed by atoms with van der Waals surface area (Å²) in [4.78, 5) is 41.9. The van der Waals surface area contributed by atoms with Crippen LogP contribution in [0.2, 0.25) is 0 Å². The summed E-state index contributed by atoms with van der Waals surface area (Å²) in [5.74, 6) is 22.3. The fraction of sp³-hybridized carbons (Fsp3) is 0.733. The highest BCUT2D eigenvalue weighted by molar-refractivity contribution is 5.75. The van der Waals surface area contributed by atoms with Gasteiger partial charge in [-0.2, -0.15) is 0 Å². The Morgan fingerprint density at radius 3 is 0.712 bits per heavy atom. The Bertz CT molecular complexity index is 973. The SMILES string of the molecule is CC(=O)CCCCCCCCC#CC#CCCCCCCCCC(=O)O.O=C(O)CCCCCCCCC#CC#CCCCCCCCCC(=O)O. The number of aliphatic carboxylic acids is 3. The lowest BCUT2D eigenvalue weighted by molar-refractivity contribution is -0.138. The average molecular weight is 723 g/mol. The number of ketones is 1. The monoisotopic (exact) mass is 723 g/mol. The highest BCUT2D eigenvalue weighted by Gasteiger charge is 1.98. The van der Waals surface area contributed by atoms with Crippen molar-refractivity contribution < 1.29 is 34.5 Å². The minimum atomic E-state index is -0.700. The van der Waals surface area contributed by atoms with Gasteiger partial charge in [0.05, 0.1) is 0 Å². The summed E-state index contributed by atoms with van der Waals surface area (Å²) in [7, 11) is 0. The zero-order valence-electron chi connectivity index (χ0n) is 32.6. The Morgan fingerprint density at radius 1 is 0.308 bits per heavy atom. The molecule has 0 atom stereocenters. The molecule has 0 aliphatic heterocycles. The summed E-state index contributed by atoms with van der Waals surface area (Å²) in [6.45, 7) is 1.66. The second-order valence-corrected chi connectivity index (χ2v) is 13.6. The maximum absolute atomic E-state index is 10.8. The first-order valence-corrected chi connectivity index (χ1v) is 20.3. The Morgan fingerprint density at radius 2 is 0.500 bits per heavy atom. The predicted octanol–water partition coefficient (Wildman–Crippen LogP) is 11.3. The Balaban J connectivity index is 0. The zero-order valence-corrected chi connectivity index (χ0v) is 32.6. The lowest BCUT2D eigenvalue weighted by Gasteiger charge is -1.98. The van der Waals surface area contributed by atoms with Crippen LogP contribution >= 0.6 is 0 Å². The van der Waals surface area contributed by atoms with Crippen molar-refractivity contribution in [2.45, 2.75) is 212 Å². The van der Waals surface area contributed by atoms with Gasteiger partial charge in [0.1, 0.15) is 5.78 Å². The van der Waals surface area contributed by atoms with E-state index in [1.165, 1.54) is 38.5 Å². The number of hydrogen-bond acceptors (Lipinski definition) is 4. The molecular formula is C45H70O7. The molecular weight excluding hydrogens is 652 g/mol. The van der Waals surface area contributed by atoms with Gasteiger partial charge in [0.25, 0.3) is 0 Å². The molecule has 0 aromatic rings. The number of Topliss-reactive ketones (excluding diaryl/α,β-unsaturated/α-hetero) is 1. The van der Waals surface area contributed by atoms with E-state index >= 15 is 0 Å². The smallest absolute Gasteiger partial charge is 0.303 e. The molecule has 0 rings (SSSR count). The van der Waals surface area contributed by atoms with Gasteiger partial charge in [-0.1, -0.05) is 126 Å². The Labute approximate surface area is 317 Å². The molecule has 0 heterocycles. The molecule has 7 nitrogen and oxygen atoms in total. The van der Waals surface area contributed by atoms with Crippen LogP contribution in [-0.2, 0) is 19.2 Å². The third kappa shape index (κ3) is 53.1. The molecule has 52 heavy (non-hydrogen) atoms. The lowest BCUT2D eigenvalue weighted by atomic mass is 10.1. The molecule has 0 spiro atoms. The first kappa shape index (κ1) is 50.4. The first-order chi connectivity index (χ1) is 25.3. The standard InChI is InChI=1S/C23H36O3.C22H34O4/c1-22(24)20-18-16-14-12-10-8-6-4-2-3-5-7-9-11-13-15-17-19-21-23(25)26;23-21(24)19-17-15-13-11-9-7-5-3-1-2-4-6-8-10-12-14-16-18-20-22(25)26/h6-21H2,1H3,(H,25,26);5-20H2,(H,23,24)(H,25,26). The van der Waals surface area contributed by atoms with Crippen LogP contribution in [-0.4, -0.2) is 39.0 Å². The van der Waals surface area contributed by atoms with E-state index < -0.39 is 17.9 Å². The van der Waals surface area contributed by atoms with E-state index in [1.807, 2.05) is 0 Å². The highest BCUT2D eigenvalue weighted by Crippen LogP contribution is 2.11. The van der Waals surface area contributed by atoms with Gasteiger partial charge in [0, 0.05) is 51.4 Å². The number of unbranched alkanes of at least 4 members (excludes halogenated alkanes) is 24. The fourth-order valence-electron chi connectivity index (χ4n) is 5.31. The van der Waals surface area contributed by atoms with Crippen molar-refractivity contribution in [2.75, 3.05) is 0 Å². The molecule has 0 amide bonds. The maximum atomic E-state index is 10.8. The van der Waals surface area contributed by atoms with Crippen LogP contribution in [0, 0.1) is 47.4 Å². The number of rotatable bonds is 32. The van der Waals surface area contributed by atoms with E-state index in [9.17, 15) is 19.2 Å². The zero-order chi connectivity index (χ0) is 38.6. The summed E-state index contributed by atoms with van der Waals surface area (Å²) in [6, 6.07) is 0. The van der Waals surface area contributed by atoms with E-state index in [0.29, 0.717) is 12.2 Å². The molecule has 292 valence electrons. The summed E-state index contributed by atoms with van der Waals surface area (Å²) in [5.41, 5.74) is 0. The van der Waals surface area contributed by atoms with Gasteiger partial charge in [-0.15, -0.1) is 0 Å². The van der Waals surface area contributed by atoms with Crippen molar-refractivity contribution in [3.05, 3.63) is 0 Å². The molecule has 0 saturated carbocycles. The van der Waals surface area contributed by atoms with E-state index in [2.05, 4.69) is 47.4 Å². The summed E-state index contributed by atoms with van der Waals surface area (Å²) in [6.07, 6.45) is 31.2. The van der Waals surface area contributed by atoms with Gasteiger partial charge >= 0.3 is 17.9 Å². The molecule has 0 aliphatic carbocycles. The number of carbonyl (C=O) groups is 4. The quantitative estimate of drug-likeness (QED) is 0.0465. The van der Waals surface area contributed by atoms with Crippen molar-refractivity contribution in [1.29, 1.82) is 0 Å². The number of hydrogen-bond donors (Lipinski definition) is 3. The molecule has 0 saturated heterocycles. The topological polar surface area (TPSA) is 129 Å². The van der Waals surface area contributed by atoms with Gasteiger partial charge in [0.2, 0.25) is 0 Å². The van der Waals surface area contributed by atoms with E-state index in [0.717, 1.165) is 148 Å². The van der Waals surface area contributed by atoms with Crippen LogP contribution in [0.4, 0.5) is 0 Å². The second kappa shape index (κ2) is 43.5. The van der Waals surface area contributed by atoms with Crippen LogP contribution in [0.25, 0.3) is 0 Å². The Hall–Kier alpha value is -3.68. The van der Waals surface area contributed by atoms with Crippen molar-refractivity contribution in [2.24, 2.45) is 0 Å². The van der Waals surface area contributed by atoms with Crippen LogP contribution < -0.4 is 0 Å². The fourth-order valence-corrected chi connectivity index (χ4v) is 5.31. The molecule has 3 N–H and O–H groups in total. The van der Waals surface area contributed by atoms with Gasteiger partial charge < -0.3 is 20.1 Å². The number of carboxylic acids is 3. The molecule has 0 fully saturated rings. The van der Waals surface area contributed by atoms with Crippen molar-refractivity contribution in [1.82, 2.24) is 0 Å². The van der Waals surface area contributed by atoms with E-state index in [4.69, 9.17) is 15.3 Å². The minimum Gasteiger partial charge on any atom is -0.481 e. The van der Waals surface area contributed by atoms with Gasteiger partial charge in [0.15, 0.2) is 0 Å². The summed E-state index contributed by atoms with van der Waals surface area (Å²) >= 11 is 0. The van der Waals surface area contributed by atoms with Crippen molar-refractivity contribution in [3.63, 3.8) is 0 Å². The third-order valence-electron chi connectivity index (χ3n) is 8.39. The van der Waals surface area contributed by atoms with Crippen molar-refractivity contribution >= 4 is 23.7 Å². The van der Waals surface area contributed by atoms with Gasteiger partial charge in [-0.05, 0) is 82.0 Å². The summed E-state index contributed by atoms with van der Waals surface area (Å²) in [5, 5.41) is 25.6. The third-order valence-corrected chi connectivity index (χ3v) is 8.39. The lowest BCUT2D eigenvalue weighted by Crippen LogP contribution is -1.93. The molecule has 0 aromatic carbocycles. The first-order valence-electron chi connectivity index (χ1n) is 20.3. The van der Waals surface area contributed by atoms with E-state index in [1.54, 1.807) is 6.92 Å². The minimum absolute atomic E-state index is 0.289. The Kier molecular flexibility index (Phi) is 42.2. The highest BCUT2D eigenvalue weighted by atomic mass is 16.4. The van der Waals surface area contributed by atoms with Gasteiger partial charge in [-0.25, -0.2) is 0 Å². The van der Waals surface area contributed by atoms with Crippen molar-refractivity contribution in [3.8, 4) is 47.4 Å².